The second kappa shape index (κ2) is 4.89. The summed E-state index contributed by atoms with van der Waals surface area (Å²) in [6, 6.07) is 10.4. The first-order valence-corrected chi connectivity index (χ1v) is 6.25. The van der Waals surface area contributed by atoms with E-state index in [4.69, 9.17) is 4.74 Å². The summed E-state index contributed by atoms with van der Waals surface area (Å²) < 4.78 is 18.2. The van der Waals surface area contributed by atoms with E-state index in [1.807, 2.05) is 19.1 Å². The fourth-order valence-corrected chi connectivity index (χ4v) is 2.20. The van der Waals surface area contributed by atoms with Gasteiger partial charge in [0.25, 0.3) is 0 Å². The van der Waals surface area contributed by atoms with E-state index in [1.54, 1.807) is 25.4 Å². The van der Waals surface area contributed by atoms with E-state index in [0.29, 0.717) is 5.88 Å². The zero-order valence-corrected chi connectivity index (χ0v) is 11.2. The first kappa shape index (κ1) is 12.5. The number of aryl methyl sites for hydroxylation is 1. The fraction of sp³-hybridized carbons (Fsp3) is 0.125. The molecule has 0 N–H and O–H groups in total. The molecule has 0 saturated heterocycles. The number of hydrogen-bond donors (Lipinski definition) is 0. The molecule has 0 radical (unpaired) electrons. The molecule has 3 aromatic rings. The maximum Gasteiger partial charge on any atom is 0.232 e. The molecule has 3 nitrogen and oxygen atoms in total. The minimum atomic E-state index is -0.251. The lowest BCUT2D eigenvalue weighted by Gasteiger charge is -2.08. The molecule has 0 aliphatic carbocycles. The Bertz CT molecular complexity index is 769. The van der Waals surface area contributed by atoms with Crippen LogP contribution in [0.3, 0.4) is 0 Å². The Hall–Kier alpha value is -2.49. The van der Waals surface area contributed by atoms with Crippen molar-refractivity contribution >= 4 is 11.0 Å². The van der Waals surface area contributed by atoms with Gasteiger partial charge in [-0.2, -0.15) is 0 Å². The van der Waals surface area contributed by atoms with E-state index < -0.39 is 0 Å². The maximum atomic E-state index is 13.0. The zero-order chi connectivity index (χ0) is 14.1. The SMILES string of the molecule is COc1cnc2c(-c3ccc(F)cc3)cc(C)cc2n1. The van der Waals surface area contributed by atoms with Crippen molar-refractivity contribution in [2.45, 2.75) is 6.92 Å². The Kier molecular flexibility index (Phi) is 3.06. The van der Waals surface area contributed by atoms with E-state index >= 15 is 0 Å². The zero-order valence-electron chi connectivity index (χ0n) is 11.2. The largest absolute Gasteiger partial charge is 0.480 e. The Morgan fingerprint density at radius 2 is 1.85 bits per heavy atom. The molecule has 0 amide bonds. The molecule has 1 aromatic heterocycles. The second-order valence-corrected chi connectivity index (χ2v) is 4.60. The van der Waals surface area contributed by atoms with Gasteiger partial charge in [-0.15, -0.1) is 0 Å². The van der Waals surface area contributed by atoms with Crippen molar-refractivity contribution in [1.82, 2.24) is 9.97 Å². The lowest BCUT2D eigenvalue weighted by molar-refractivity contribution is 0.397. The van der Waals surface area contributed by atoms with Gasteiger partial charge in [0.05, 0.1) is 24.3 Å². The normalized spacial score (nSPS) is 10.8. The van der Waals surface area contributed by atoms with Crippen LogP contribution in [0.2, 0.25) is 0 Å². The quantitative estimate of drug-likeness (QED) is 0.710. The predicted molar refractivity (Wildman–Crippen MR) is 76.2 cm³/mol. The minimum absolute atomic E-state index is 0.251. The summed E-state index contributed by atoms with van der Waals surface area (Å²) in [5.74, 6) is 0.228. The van der Waals surface area contributed by atoms with Crippen LogP contribution in [0.5, 0.6) is 5.88 Å². The van der Waals surface area contributed by atoms with E-state index in [2.05, 4.69) is 9.97 Å². The number of ether oxygens (including phenoxy) is 1. The highest BCUT2D eigenvalue weighted by molar-refractivity contribution is 5.92. The molecule has 3 rings (SSSR count). The number of rotatable bonds is 2. The number of methoxy groups -OCH3 is 1. The molecule has 0 aliphatic rings. The molecule has 0 atom stereocenters. The van der Waals surface area contributed by atoms with E-state index in [0.717, 1.165) is 27.7 Å². The lowest BCUT2D eigenvalue weighted by Crippen LogP contribution is -1.93. The number of fused-ring (bicyclic) bond motifs is 1. The van der Waals surface area contributed by atoms with Crippen LogP contribution in [-0.4, -0.2) is 17.1 Å². The average Bonchev–Trinajstić information content (AvgIpc) is 2.46. The molecule has 0 aliphatic heterocycles. The van der Waals surface area contributed by atoms with Crippen LogP contribution in [0.25, 0.3) is 22.2 Å². The van der Waals surface area contributed by atoms with Gasteiger partial charge in [0.1, 0.15) is 5.82 Å². The van der Waals surface area contributed by atoms with Gasteiger partial charge >= 0.3 is 0 Å². The van der Waals surface area contributed by atoms with Gasteiger partial charge in [0, 0.05) is 5.56 Å². The minimum Gasteiger partial charge on any atom is -0.480 e. The molecule has 4 heteroatoms. The third-order valence-electron chi connectivity index (χ3n) is 3.13. The molecular formula is C16H13FN2O. The number of hydrogen-bond acceptors (Lipinski definition) is 3. The molecule has 0 saturated carbocycles. The summed E-state index contributed by atoms with van der Waals surface area (Å²) in [4.78, 5) is 8.81. The molecule has 0 fully saturated rings. The predicted octanol–water partition coefficient (Wildman–Crippen LogP) is 3.75. The smallest absolute Gasteiger partial charge is 0.232 e. The van der Waals surface area contributed by atoms with Gasteiger partial charge < -0.3 is 4.74 Å². The van der Waals surface area contributed by atoms with Crippen molar-refractivity contribution < 1.29 is 9.13 Å². The van der Waals surface area contributed by atoms with Crippen LogP contribution in [0.15, 0.2) is 42.6 Å². The Labute approximate surface area is 116 Å². The van der Waals surface area contributed by atoms with Crippen molar-refractivity contribution in [2.24, 2.45) is 0 Å². The van der Waals surface area contributed by atoms with Crippen LogP contribution in [0.4, 0.5) is 4.39 Å². The Morgan fingerprint density at radius 3 is 2.55 bits per heavy atom. The first-order valence-electron chi connectivity index (χ1n) is 6.25. The fourth-order valence-electron chi connectivity index (χ4n) is 2.20. The molecule has 0 spiro atoms. The molecule has 20 heavy (non-hydrogen) atoms. The topological polar surface area (TPSA) is 35.0 Å². The summed E-state index contributed by atoms with van der Waals surface area (Å²) in [6.45, 7) is 1.99. The molecule has 0 unspecified atom stereocenters. The van der Waals surface area contributed by atoms with Crippen molar-refractivity contribution in [3.05, 3.63) is 54.0 Å². The molecule has 100 valence electrons. The molecule has 0 bridgehead atoms. The van der Waals surface area contributed by atoms with Gasteiger partial charge in [-0.25, -0.2) is 14.4 Å². The van der Waals surface area contributed by atoms with Crippen LogP contribution in [-0.2, 0) is 0 Å². The third-order valence-corrected chi connectivity index (χ3v) is 3.13. The van der Waals surface area contributed by atoms with E-state index in [-0.39, 0.29) is 5.82 Å². The monoisotopic (exact) mass is 268 g/mol. The summed E-state index contributed by atoms with van der Waals surface area (Å²) in [7, 11) is 1.56. The van der Waals surface area contributed by atoms with E-state index in [1.165, 1.54) is 12.1 Å². The number of nitrogens with zero attached hydrogens (tertiary/aromatic N) is 2. The molecular weight excluding hydrogens is 255 g/mol. The first-order chi connectivity index (χ1) is 9.67. The van der Waals surface area contributed by atoms with Crippen LogP contribution >= 0.6 is 0 Å². The summed E-state index contributed by atoms with van der Waals surface area (Å²) >= 11 is 0. The van der Waals surface area contributed by atoms with E-state index in [9.17, 15) is 4.39 Å². The highest BCUT2D eigenvalue weighted by atomic mass is 19.1. The maximum absolute atomic E-state index is 13.0. The number of halogens is 1. The molecule has 2 aromatic carbocycles. The van der Waals surface area contributed by atoms with Gasteiger partial charge in [-0.3, -0.25) is 0 Å². The van der Waals surface area contributed by atoms with Gasteiger partial charge in [0.2, 0.25) is 5.88 Å². The summed E-state index contributed by atoms with van der Waals surface area (Å²) in [5.41, 5.74) is 4.47. The van der Waals surface area contributed by atoms with Crippen LogP contribution < -0.4 is 4.74 Å². The van der Waals surface area contributed by atoms with Crippen molar-refractivity contribution in [2.75, 3.05) is 7.11 Å². The Morgan fingerprint density at radius 1 is 1.10 bits per heavy atom. The van der Waals surface area contributed by atoms with Crippen molar-refractivity contribution in [3.63, 3.8) is 0 Å². The second-order valence-electron chi connectivity index (χ2n) is 4.60. The summed E-state index contributed by atoms with van der Waals surface area (Å²) in [6.07, 6.45) is 1.59. The lowest BCUT2D eigenvalue weighted by atomic mass is 10.0. The van der Waals surface area contributed by atoms with Crippen LogP contribution in [0, 0.1) is 12.7 Å². The average molecular weight is 268 g/mol. The highest BCUT2D eigenvalue weighted by Gasteiger charge is 2.09. The van der Waals surface area contributed by atoms with Gasteiger partial charge in [0.15, 0.2) is 0 Å². The number of aromatic nitrogens is 2. The Balaban J connectivity index is 2.26. The van der Waals surface area contributed by atoms with Crippen molar-refractivity contribution in [1.29, 1.82) is 0 Å². The van der Waals surface area contributed by atoms with Gasteiger partial charge in [-0.05, 0) is 42.3 Å². The van der Waals surface area contributed by atoms with Crippen molar-refractivity contribution in [3.8, 4) is 17.0 Å². The highest BCUT2D eigenvalue weighted by Crippen LogP contribution is 2.29. The molecule has 1 heterocycles. The van der Waals surface area contributed by atoms with Gasteiger partial charge in [-0.1, -0.05) is 12.1 Å². The third kappa shape index (κ3) is 2.20. The number of benzene rings is 2. The standard InChI is InChI=1S/C16H13FN2O/c1-10-7-13(11-3-5-12(17)6-4-11)16-14(8-10)19-15(20-2)9-18-16/h3-9H,1-2H3. The van der Waals surface area contributed by atoms with Crippen LogP contribution in [0.1, 0.15) is 5.56 Å². The summed E-state index contributed by atoms with van der Waals surface area (Å²) in [5, 5.41) is 0.